The Balaban J connectivity index is 1.50. The van der Waals surface area contributed by atoms with Crippen molar-refractivity contribution in [2.45, 2.75) is 50.1 Å². The molecule has 146 valence electrons. The average molecular weight is 396 g/mol. The molecule has 0 spiro atoms. The highest BCUT2D eigenvalue weighted by Gasteiger charge is 2.24. The van der Waals surface area contributed by atoms with Crippen LogP contribution in [0.2, 0.25) is 0 Å². The zero-order valence-electron chi connectivity index (χ0n) is 16.1. The van der Waals surface area contributed by atoms with Crippen molar-refractivity contribution >= 4 is 28.7 Å². The number of nitrogens with zero attached hydrogens (tertiary/aromatic N) is 5. The Hall–Kier alpha value is -2.41. The molecule has 1 aliphatic rings. The first kappa shape index (κ1) is 18.9. The summed E-state index contributed by atoms with van der Waals surface area (Å²) in [6.07, 6.45) is 9.35. The number of hydrogen-bond donors (Lipinski definition) is 0. The van der Waals surface area contributed by atoms with Crippen LogP contribution in [-0.4, -0.2) is 48.9 Å². The molecule has 1 amide bonds. The number of carbonyl (C=O) groups is 1. The Morgan fingerprint density at radius 1 is 1.18 bits per heavy atom. The molecule has 28 heavy (non-hydrogen) atoms. The van der Waals surface area contributed by atoms with E-state index in [1.165, 1.54) is 31.0 Å². The van der Waals surface area contributed by atoms with Crippen LogP contribution >= 0.6 is 11.8 Å². The van der Waals surface area contributed by atoms with E-state index in [-0.39, 0.29) is 5.91 Å². The lowest BCUT2D eigenvalue weighted by Gasteiger charge is -2.33. The SMILES string of the molecule is CCN(C(=O)CSc1ncnc2c1cnn2-c1ccccc1)C1CCCCC1. The molecular formula is C21H25N5OS. The maximum atomic E-state index is 12.9. The summed E-state index contributed by atoms with van der Waals surface area (Å²) in [4.78, 5) is 23.7. The molecule has 1 saturated carbocycles. The Labute approximate surface area is 169 Å². The first-order valence-corrected chi connectivity index (χ1v) is 10.9. The summed E-state index contributed by atoms with van der Waals surface area (Å²) in [5, 5.41) is 6.17. The number of hydrogen-bond acceptors (Lipinski definition) is 5. The van der Waals surface area contributed by atoms with Gasteiger partial charge in [0, 0.05) is 12.6 Å². The number of benzene rings is 1. The number of fused-ring (bicyclic) bond motifs is 1. The van der Waals surface area contributed by atoms with Crippen molar-refractivity contribution in [2.24, 2.45) is 0 Å². The van der Waals surface area contributed by atoms with Crippen LogP contribution in [0.15, 0.2) is 47.9 Å². The Morgan fingerprint density at radius 2 is 1.96 bits per heavy atom. The first-order valence-electron chi connectivity index (χ1n) is 9.94. The van der Waals surface area contributed by atoms with E-state index in [4.69, 9.17) is 0 Å². The lowest BCUT2D eigenvalue weighted by atomic mass is 9.94. The number of thioether (sulfide) groups is 1. The first-order chi connectivity index (χ1) is 13.8. The van der Waals surface area contributed by atoms with E-state index in [0.717, 1.165) is 41.1 Å². The van der Waals surface area contributed by atoms with Crippen LogP contribution in [0.4, 0.5) is 0 Å². The number of aromatic nitrogens is 4. The molecule has 1 aliphatic carbocycles. The Bertz CT molecular complexity index is 936. The molecule has 1 fully saturated rings. The van der Waals surface area contributed by atoms with Crippen LogP contribution in [0, 0.1) is 0 Å². The molecule has 0 atom stereocenters. The highest BCUT2D eigenvalue weighted by atomic mass is 32.2. The smallest absolute Gasteiger partial charge is 0.233 e. The maximum absolute atomic E-state index is 12.9. The fourth-order valence-electron chi connectivity index (χ4n) is 3.94. The lowest BCUT2D eigenvalue weighted by molar-refractivity contribution is -0.131. The molecule has 4 rings (SSSR count). The minimum absolute atomic E-state index is 0.196. The van der Waals surface area contributed by atoms with Gasteiger partial charge in [-0.1, -0.05) is 49.2 Å². The average Bonchev–Trinajstić information content (AvgIpc) is 3.19. The fourth-order valence-corrected chi connectivity index (χ4v) is 4.79. The molecule has 6 nitrogen and oxygen atoms in total. The third-order valence-electron chi connectivity index (χ3n) is 5.34. The van der Waals surface area contributed by atoms with Crippen molar-refractivity contribution in [3.8, 4) is 5.69 Å². The normalized spacial score (nSPS) is 15.0. The maximum Gasteiger partial charge on any atom is 0.233 e. The predicted octanol–water partition coefficient (Wildman–Crippen LogP) is 4.09. The van der Waals surface area contributed by atoms with Crippen molar-refractivity contribution < 1.29 is 4.79 Å². The molecule has 0 radical (unpaired) electrons. The summed E-state index contributed by atoms with van der Waals surface area (Å²) in [5.41, 5.74) is 1.72. The van der Waals surface area contributed by atoms with Crippen LogP contribution in [0.25, 0.3) is 16.7 Å². The van der Waals surface area contributed by atoms with E-state index in [1.807, 2.05) is 35.0 Å². The summed E-state index contributed by atoms with van der Waals surface area (Å²) in [7, 11) is 0. The van der Waals surface area contributed by atoms with Gasteiger partial charge in [0.05, 0.1) is 23.0 Å². The van der Waals surface area contributed by atoms with Gasteiger partial charge >= 0.3 is 0 Å². The van der Waals surface area contributed by atoms with Crippen molar-refractivity contribution in [1.82, 2.24) is 24.6 Å². The zero-order valence-corrected chi connectivity index (χ0v) is 16.9. The van der Waals surface area contributed by atoms with Gasteiger partial charge in [-0.15, -0.1) is 0 Å². The second-order valence-electron chi connectivity index (χ2n) is 7.07. The molecule has 0 bridgehead atoms. The van der Waals surface area contributed by atoms with Crippen molar-refractivity contribution in [3.05, 3.63) is 42.9 Å². The summed E-state index contributed by atoms with van der Waals surface area (Å²) >= 11 is 1.48. The highest BCUT2D eigenvalue weighted by Crippen LogP contribution is 2.27. The molecule has 2 aromatic heterocycles. The Kier molecular flexibility index (Phi) is 5.90. The van der Waals surface area contributed by atoms with Gasteiger partial charge in [-0.3, -0.25) is 4.79 Å². The standard InChI is InChI=1S/C21H25N5OS/c1-2-25(16-9-5-3-6-10-16)19(27)14-28-21-18-13-24-26(20(18)22-15-23-21)17-11-7-4-8-12-17/h4,7-8,11-13,15-16H,2-3,5-6,9-10,14H2,1H3. The van der Waals surface area contributed by atoms with Crippen molar-refractivity contribution in [1.29, 1.82) is 0 Å². The van der Waals surface area contributed by atoms with Gasteiger partial charge in [-0.2, -0.15) is 5.10 Å². The molecule has 0 saturated heterocycles. The Morgan fingerprint density at radius 3 is 2.71 bits per heavy atom. The van der Waals surface area contributed by atoms with E-state index in [1.54, 1.807) is 12.5 Å². The van der Waals surface area contributed by atoms with Gasteiger partial charge in [-0.25, -0.2) is 14.6 Å². The van der Waals surface area contributed by atoms with Crippen LogP contribution in [-0.2, 0) is 4.79 Å². The number of para-hydroxylation sites is 1. The predicted molar refractivity (Wildman–Crippen MR) is 112 cm³/mol. The van der Waals surface area contributed by atoms with Crippen LogP contribution in [0.1, 0.15) is 39.0 Å². The van der Waals surface area contributed by atoms with Crippen LogP contribution in [0.3, 0.4) is 0 Å². The monoisotopic (exact) mass is 395 g/mol. The molecule has 0 N–H and O–H groups in total. The molecule has 0 unspecified atom stereocenters. The zero-order chi connectivity index (χ0) is 19.3. The molecular weight excluding hydrogens is 370 g/mol. The minimum atomic E-state index is 0.196. The molecule has 0 aliphatic heterocycles. The summed E-state index contributed by atoms with van der Waals surface area (Å²) in [5.74, 6) is 0.592. The molecule has 1 aromatic carbocycles. The van der Waals surface area contributed by atoms with E-state index in [0.29, 0.717) is 11.8 Å². The highest BCUT2D eigenvalue weighted by molar-refractivity contribution is 8.00. The van der Waals surface area contributed by atoms with Gasteiger partial charge in [0.25, 0.3) is 0 Å². The van der Waals surface area contributed by atoms with Crippen molar-refractivity contribution in [2.75, 3.05) is 12.3 Å². The van der Waals surface area contributed by atoms with Crippen molar-refractivity contribution in [3.63, 3.8) is 0 Å². The van der Waals surface area contributed by atoms with Crippen LogP contribution in [0.5, 0.6) is 0 Å². The van der Waals surface area contributed by atoms with Crippen LogP contribution < -0.4 is 0 Å². The molecule has 2 heterocycles. The largest absolute Gasteiger partial charge is 0.339 e. The van der Waals surface area contributed by atoms with Gasteiger partial charge in [0.15, 0.2) is 5.65 Å². The lowest BCUT2D eigenvalue weighted by Crippen LogP contribution is -2.42. The fraction of sp³-hybridized carbons (Fsp3) is 0.429. The van der Waals surface area contributed by atoms with E-state index in [9.17, 15) is 4.79 Å². The minimum Gasteiger partial charge on any atom is -0.339 e. The van der Waals surface area contributed by atoms with Gasteiger partial charge in [0.1, 0.15) is 11.4 Å². The topological polar surface area (TPSA) is 63.9 Å². The molecule has 7 heteroatoms. The number of carbonyl (C=O) groups excluding carboxylic acids is 1. The van der Waals surface area contributed by atoms with E-state index < -0.39 is 0 Å². The van der Waals surface area contributed by atoms with E-state index >= 15 is 0 Å². The second kappa shape index (κ2) is 8.73. The number of amides is 1. The third kappa shape index (κ3) is 3.90. The summed E-state index contributed by atoms with van der Waals surface area (Å²) in [6.45, 7) is 2.85. The number of rotatable bonds is 6. The molecule has 3 aromatic rings. The second-order valence-corrected chi connectivity index (χ2v) is 8.03. The van der Waals surface area contributed by atoms with Gasteiger partial charge in [-0.05, 0) is 31.9 Å². The summed E-state index contributed by atoms with van der Waals surface area (Å²) in [6, 6.07) is 10.3. The third-order valence-corrected chi connectivity index (χ3v) is 6.33. The quantitative estimate of drug-likeness (QED) is 0.465. The van der Waals surface area contributed by atoms with Gasteiger partial charge < -0.3 is 4.90 Å². The van der Waals surface area contributed by atoms with Gasteiger partial charge in [0.2, 0.25) is 5.91 Å². The summed E-state index contributed by atoms with van der Waals surface area (Å²) < 4.78 is 1.81. The van der Waals surface area contributed by atoms with E-state index in [2.05, 4.69) is 26.9 Å².